The average molecular weight is 582 g/mol. The summed E-state index contributed by atoms with van der Waals surface area (Å²) in [5.74, 6) is -2.93. The first-order chi connectivity index (χ1) is 19.5. The first-order valence-corrected chi connectivity index (χ1v) is 13.4. The number of carbonyl (C=O) groups is 2. The number of carbonyl (C=O) groups excluding carboxylic acids is 2. The number of nitriles is 1. The fourth-order valence-corrected chi connectivity index (χ4v) is 5.32. The first kappa shape index (κ1) is 29.6. The van der Waals surface area contributed by atoms with Crippen LogP contribution >= 0.6 is 11.3 Å². The molecule has 3 atom stereocenters. The van der Waals surface area contributed by atoms with Crippen molar-refractivity contribution in [3.8, 4) is 17.3 Å². The summed E-state index contributed by atoms with van der Waals surface area (Å²) in [7, 11) is 1.28. The van der Waals surface area contributed by atoms with Gasteiger partial charge in [0.25, 0.3) is 0 Å². The minimum atomic E-state index is -2.06. The van der Waals surface area contributed by atoms with Crippen LogP contribution in [0, 0.1) is 23.0 Å². The van der Waals surface area contributed by atoms with Crippen LogP contribution in [0.4, 0.5) is 13.6 Å². The van der Waals surface area contributed by atoms with Crippen molar-refractivity contribution in [2.45, 2.75) is 25.4 Å². The van der Waals surface area contributed by atoms with E-state index in [9.17, 15) is 19.1 Å². The number of rotatable bonds is 9. The maximum atomic E-state index is 15.2. The largest absolute Gasteiger partial charge is 0.443 e. The number of imide groups is 1. The Morgan fingerprint density at radius 3 is 2.61 bits per heavy atom. The van der Waals surface area contributed by atoms with Crippen LogP contribution in [0.5, 0.6) is 0 Å². The number of ether oxygens (including phenoxy) is 1. The van der Waals surface area contributed by atoms with Gasteiger partial charge in [0.2, 0.25) is 12.2 Å². The number of aliphatic hydroxyl groups is 1. The number of thiazole rings is 1. The van der Waals surface area contributed by atoms with Gasteiger partial charge in [0, 0.05) is 36.4 Å². The van der Waals surface area contributed by atoms with E-state index in [2.05, 4.69) is 21.1 Å². The van der Waals surface area contributed by atoms with Crippen LogP contribution in [0.3, 0.4) is 0 Å². The second-order valence-electron chi connectivity index (χ2n) is 9.59. The smallest absolute Gasteiger partial charge is 0.416 e. The van der Waals surface area contributed by atoms with Crippen LogP contribution < -0.4 is 0 Å². The number of amides is 2. The van der Waals surface area contributed by atoms with Gasteiger partial charge in [-0.25, -0.2) is 18.6 Å². The van der Waals surface area contributed by atoms with Crippen molar-refractivity contribution in [2.75, 3.05) is 26.7 Å². The Balaban J connectivity index is 1.68. The molecule has 1 aliphatic heterocycles. The van der Waals surface area contributed by atoms with Crippen LogP contribution in [-0.4, -0.2) is 71.0 Å². The van der Waals surface area contributed by atoms with Crippen molar-refractivity contribution in [3.05, 3.63) is 75.6 Å². The van der Waals surface area contributed by atoms with Crippen molar-refractivity contribution in [2.24, 2.45) is 10.1 Å². The summed E-state index contributed by atoms with van der Waals surface area (Å²) in [5.41, 5.74) is -0.513. The average Bonchev–Trinajstić information content (AvgIpc) is 3.64. The summed E-state index contributed by atoms with van der Waals surface area (Å²) >= 11 is 1.24. The lowest BCUT2D eigenvalue weighted by atomic mass is 9.81. The Morgan fingerprint density at radius 1 is 1.24 bits per heavy atom. The van der Waals surface area contributed by atoms with Crippen LogP contribution in [0.25, 0.3) is 11.3 Å². The third kappa shape index (κ3) is 6.35. The normalized spacial score (nSPS) is 18.0. The summed E-state index contributed by atoms with van der Waals surface area (Å²) in [5, 5.41) is 27.9. The monoisotopic (exact) mass is 581 g/mol. The van der Waals surface area contributed by atoms with Gasteiger partial charge in [0.05, 0.1) is 22.3 Å². The summed E-state index contributed by atoms with van der Waals surface area (Å²) in [6, 6.07) is 11.7. The number of aromatic nitrogens is 1. The Hall–Kier alpha value is -4.38. The first-order valence-electron chi connectivity index (χ1n) is 12.5. The van der Waals surface area contributed by atoms with Gasteiger partial charge in [-0.3, -0.25) is 9.69 Å². The molecule has 13 heteroatoms. The highest BCUT2D eigenvalue weighted by atomic mass is 32.1. The Morgan fingerprint density at radius 2 is 1.98 bits per heavy atom. The lowest BCUT2D eigenvalue weighted by molar-refractivity contribution is -0.848. The van der Waals surface area contributed by atoms with E-state index < -0.39 is 39.7 Å². The predicted octanol–water partition coefficient (Wildman–Crippen LogP) is 4.37. The molecule has 2 heterocycles. The molecule has 1 unspecified atom stereocenters. The third-order valence-electron chi connectivity index (χ3n) is 6.91. The van der Waals surface area contributed by atoms with Crippen molar-refractivity contribution in [3.63, 3.8) is 0 Å². The molecule has 3 aromatic rings. The van der Waals surface area contributed by atoms with E-state index >= 15 is 4.39 Å². The molecule has 212 valence electrons. The molecule has 0 fully saturated rings. The second kappa shape index (κ2) is 12.0. The number of hydrogen-bond acceptors (Lipinski definition) is 9. The zero-order chi connectivity index (χ0) is 29.8. The second-order valence-corrected chi connectivity index (χ2v) is 10.5. The van der Waals surface area contributed by atoms with Gasteiger partial charge >= 0.3 is 6.09 Å². The standard InChI is InChI=1S/C28H27F2N6O4S/c1-18(26-34-25(14-41-26)21-6-4-20(13-31)5-7-21)28(39,23-12-22(29)8-9-24(23)30)15-36(17-32-16-33-36)10-11-40-27(38)35(3)19(2)37/h4-9,12,14,16-18,39H,10-11,15H2,1-3H3/q+1/t18-,28+,36?/m0/s1. The Labute approximate surface area is 239 Å². The lowest BCUT2D eigenvalue weighted by Gasteiger charge is -2.38. The molecular weight excluding hydrogens is 554 g/mol. The van der Waals surface area contributed by atoms with Gasteiger partial charge in [-0.2, -0.15) is 10.3 Å². The number of nitrogens with zero attached hydrogens (tertiary/aromatic N) is 6. The zero-order valence-corrected chi connectivity index (χ0v) is 23.3. The quantitative estimate of drug-likeness (QED) is 0.374. The van der Waals surface area contributed by atoms with Crippen LogP contribution in [0.15, 0.2) is 57.9 Å². The number of benzene rings is 2. The summed E-state index contributed by atoms with van der Waals surface area (Å²) in [6.07, 6.45) is 1.79. The van der Waals surface area contributed by atoms with Crippen LogP contribution in [0.2, 0.25) is 0 Å². The molecule has 10 nitrogen and oxygen atoms in total. The van der Waals surface area contributed by atoms with E-state index in [-0.39, 0.29) is 25.3 Å². The molecule has 0 saturated heterocycles. The SMILES string of the molecule is CC(=O)N(C)C(=O)OCC[N+]1(C[C@](O)(c2cc(F)ccc2F)[C@@H](C)c2nc(-c3ccc(C#N)cc3)cs2)C=NC=N1. The molecule has 2 aromatic carbocycles. The number of hydrogen-bond donors (Lipinski definition) is 1. The van der Waals surface area contributed by atoms with Gasteiger partial charge in [0.15, 0.2) is 11.9 Å². The van der Waals surface area contributed by atoms with Gasteiger partial charge in [-0.15, -0.1) is 15.9 Å². The predicted molar refractivity (Wildman–Crippen MR) is 148 cm³/mol. The topological polar surface area (TPSA) is 128 Å². The van der Waals surface area contributed by atoms with Crippen molar-refractivity contribution in [1.82, 2.24) is 9.88 Å². The van der Waals surface area contributed by atoms with Crippen LogP contribution in [0.1, 0.15) is 35.9 Å². The number of quaternary nitrogens is 1. The molecule has 0 spiro atoms. The third-order valence-corrected chi connectivity index (χ3v) is 7.94. The molecular formula is C28H27F2N6O4S+. The fraction of sp³-hybridized carbons (Fsp3) is 0.286. The van der Waals surface area contributed by atoms with Gasteiger partial charge < -0.3 is 9.84 Å². The summed E-state index contributed by atoms with van der Waals surface area (Å²) in [6.45, 7) is 2.34. The molecule has 0 saturated carbocycles. The maximum Gasteiger partial charge on any atom is 0.416 e. The van der Waals surface area contributed by atoms with Gasteiger partial charge in [-0.05, 0) is 30.3 Å². The van der Waals surface area contributed by atoms with E-state index in [1.54, 1.807) is 36.6 Å². The molecule has 4 rings (SSSR count). The molecule has 0 radical (unpaired) electrons. The van der Waals surface area contributed by atoms with Crippen LogP contribution in [-0.2, 0) is 15.1 Å². The maximum absolute atomic E-state index is 15.2. The Kier molecular flexibility index (Phi) is 8.67. The van der Waals surface area contributed by atoms with Gasteiger partial charge in [0.1, 0.15) is 31.3 Å². The van der Waals surface area contributed by atoms with Crippen molar-refractivity contribution in [1.29, 1.82) is 5.26 Å². The highest BCUT2D eigenvalue weighted by Crippen LogP contribution is 2.42. The van der Waals surface area contributed by atoms with Gasteiger partial charge in [-0.1, -0.05) is 24.2 Å². The lowest BCUT2D eigenvalue weighted by Crippen LogP contribution is -2.54. The van der Waals surface area contributed by atoms with E-state index in [1.807, 2.05) is 0 Å². The van der Waals surface area contributed by atoms with E-state index in [1.165, 1.54) is 38.0 Å². The number of aliphatic imine (C=N–C) groups is 1. The molecule has 0 bridgehead atoms. The molecule has 1 aromatic heterocycles. The van der Waals surface area contributed by atoms with Crippen molar-refractivity contribution >= 4 is 36.0 Å². The Bertz CT molecular complexity index is 1540. The minimum absolute atomic E-state index is 0.0161. The molecule has 2 amide bonds. The number of halogens is 2. The zero-order valence-electron chi connectivity index (χ0n) is 22.5. The summed E-state index contributed by atoms with van der Waals surface area (Å²) in [4.78, 5) is 33.1. The molecule has 41 heavy (non-hydrogen) atoms. The highest BCUT2D eigenvalue weighted by Gasteiger charge is 2.49. The minimum Gasteiger partial charge on any atom is -0.443 e. The van der Waals surface area contributed by atoms with E-state index in [0.717, 1.165) is 28.7 Å². The molecule has 0 aliphatic carbocycles. The molecule has 1 aliphatic rings. The van der Waals surface area contributed by atoms with E-state index in [4.69, 9.17) is 10.00 Å². The fourth-order valence-electron chi connectivity index (χ4n) is 4.35. The molecule has 1 N–H and O–H groups in total. The summed E-state index contributed by atoms with van der Waals surface area (Å²) < 4.78 is 34.5. The van der Waals surface area contributed by atoms with E-state index in [0.29, 0.717) is 16.3 Å². The highest BCUT2D eigenvalue weighted by molar-refractivity contribution is 7.10. The van der Waals surface area contributed by atoms with Crippen molar-refractivity contribution < 1.29 is 32.8 Å².